The normalized spacial score (nSPS) is 13.3. The maximum absolute atomic E-state index is 13.6. The molecule has 0 spiro atoms. The Labute approximate surface area is 199 Å². The minimum Gasteiger partial charge on any atom is -0.497 e. The van der Waals surface area contributed by atoms with Crippen LogP contribution in [0.15, 0.2) is 60.7 Å². The summed E-state index contributed by atoms with van der Waals surface area (Å²) in [5, 5.41) is 4.69. The van der Waals surface area contributed by atoms with Crippen molar-refractivity contribution in [1.29, 1.82) is 0 Å². The van der Waals surface area contributed by atoms with Crippen molar-refractivity contribution in [2.24, 2.45) is 0 Å². The van der Waals surface area contributed by atoms with Gasteiger partial charge in [-0.1, -0.05) is 36.4 Å². The number of methoxy groups -OCH3 is 1. The number of rotatable bonds is 8. The van der Waals surface area contributed by atoms with E-state index in [2.05, 4.69) is 5.32 Å². The summed E-state index contributed by atoms with van der Waals surface area (Å²) >= 11 is 0. The molecule has 1 aliphatic heterocycles. The van der Waals surface area contributed by atoms with Crippen molar-refractivity contribution >= 4 is 34.2 Å². The molecule has 0 radical (unpaired) electrons. The molecule has 3 amide bonds. The third-order valence-corrected chi connectivity index (χ3v) is 6.05. The zero-order chi connectivity index (χ0) is 24.4. The average molecular weight is 460 g/mol. The van der Waals surface area contributed by atoms with Gasteiger partial charge in [0.1, 0.15) is 18.3 Å². The standard InChI is InChI=1S/C27H29N3O4/c1-17(2)28-26(32)18(3)29(15-19-11-13-21(34-4)14-12-19)24(31)16-30-23-10-6-8-20-7-5-9-22(25(20)23)27(30)33/h5-14,17-18H,15-16H2,1-4H3,(H,28,32)/t18-/m1/s1. The molecule has 0 aliphatic carbocycles. The largest absolute Gasteiger partial charge is 0.497 e. The maximum atomic E-state index is 13.6. The first-order chi connectivity index (χ1) is 16.3. The molecular formula is C27H29N3O4. The predicted octanol–water partition coefficient (Wildman–Crippen LogP) is 3.75. The van der Waals surface area contributed by atoms with Gasteiger partial charge in [0.05, 0.1) is 12.8 Å². The van der Waals surface area contributed by atoms with Gasteiger partial charge < -0.3 is 15.0 Å². The first kappa shape index (κ1) is 23.3. The van der Waals surface area contributed by atoms with Crippen LogP contribution in [0.3, 0.4) is 0 Å². The van der Waals surface area contributed by atoms with Gasteiger partial charge in [-0.15, -0.1) is 0 Å². The molecule has 1 N–H and O–H groups in total. The zero-order valence-corrected chi connectivity index (χ0v) is 19.9. The number of amides is 3. The topological polar surface area (TPSA) is 79.0 Å². The van der Waals surface area contributed by atoms with Gasteiger partial charge >= 0.3 is 0 Å². The lowest BCUT2D eigenvalue weighted by molar-refractivity contribution is -0.139. The highest BCUT2D eigenvalue weighted by Gasteiger charge is 2.34. The second-order valence-corrected chi connectivity index (χ2v) is 8.78. The van der Waals surface area contributed by atoms with Gasteiger partial charge in [0.15, 0.2) is 0 Å². The Morgan fingerprint density at radius 3 is 2.32 bits per heavy atom. The molecule has 4 rings (SSSR count). The molecule has 3 aromatic rings. The second kappa shape index (κ2) is 9.55. The SMILES string of the molecule is COc1ccc(CN(C(=O)CN2C(=O)c3cccc4cccc2c34)[C@H](C)C(=O)NC(C)C)cc1. The number of nitrogens with zero attached hydrogens (tertiary/aromatic N) is 2. The molecule has 0 fully saturated rings. The van der Waals surface area contributed by atoms with Crippen LogP contribution in [0.4, 0.5) is 5.69 Å². The monoisotopic (exact) mass is 459 g/mol. The highest BCUT2D eigenvalue weighted by molar-refractivity contribution is 6.26. The number of benzene rings is 3. The van der Waals surface area contributed by atoms with Crippen LogP contribution in [0.25, 0.3) is 10.8 Å². The van der Waals surface area contributed by atoms with Crippen molar-refractivity contribution in [1.82, 2.24) is 10.2 Å². The number of carbonyl (C=O) groups is 3. The first-order valence-corrected chi connectivity index (χ1v) is 11.4. The maximum Gasteiger partial charge on any atom is 0.259 e. The lowest BCUT2D eigenvalue weighted by Gasteiger charge is -2.31. The van der Waals surface area contributed by atoms with Crippen molar-refractivity contribution in [3.8, 4) is 5.75 Å². The van der Waals surface area contributed by atoms with E-state index in [1.807, 2.05) is 68.4 Å². The quantitative estimate of drug-likeness (QED) is 0.557. The third-order valence-electron chi connectivity index (χ3n) is 6.05. The van der Waals surface area contributed by atoms with E-state index in [0.717, 1.165) is 22.0 Å². The van der Waals surface area contributed by atoms with Crippen molar-refractivity contribution in [3.05, 3.63) is 71.8 Å². The highest BCUT2D eigenvalue weighted by Crippen LogP contribution is 2.37. The number of anilines is 1. The summed E-state index contributed by atoms with van der Waals surface area (Å²) < 4.78 is 5.22. The first-order valence-electron chi connectivity index (χ1n) is 11.4. The van der Waals surface area contributed by atoms with Gasteiger partial charge in [-0.05, 0) is 56.0 Å². The lowest BCUT2D eigenvalue weighted by atomic mass is 10.1. The molecule has 1 heterocycles. The van der Waals surface area contributed by atoms with Crippen LogP contribution in [0.5, 0.6) is 5.75 Å². The summed E-state index contributed by atoms with van der Waals surface area (Å²) in [5.74, 6) is -0.0417. The molecule has 3 aromatic carbocycles. The summed E-state index contributed by atoms with van der Waals surface area (Å²) in [7, 11) is 1.59. The van der Waals surface area contributed by atoms with Crippen LogP contribution in [-0.4, -0.2) is 48.4 Å². The summed E-state index contributed by atoms with van der Waals surface area (Å²) in [5.41, 5.74) is 2.17. The Balaban J connectivity index is 1.62. The summed E-state index contributed by atoms with van der Waals surface area (Å²) in [6.45, 7) is 5.54. The van der Waals surface area contributed by atoms with E-state index >= 15 is 0 Å². The van der Waals surface area contributed by atoms with E-state index in [0.29, 0.717) is 11.3 Å². The predicted molar refractivity (Wildman–Crippen MR) is 132 cm³/mol. The lowest BCUT2D eigenvalue weighted by Crippen LogP contribution is -2.51. The van der Waals surface area contributed by atoms with E-state index in [9.17, 15) is 14.4 Å². The second-order valence-electron chi connectivity index (χ2n) is 8.78. The molecule has 7 heteroatoms. The van der Waals surface area contributed by atoms with Crippen LogP contribution in [0, 0.1) is 0 Å². The zero-order valence-electron chi connectivity index (χ0n) is 19.9. The molecule has 1 atom stereocenters. The molecular weight excluding hydrogens is 430 g/mol. The smallest absolute Gasteiger partial charge is 0.259 e. The minimum absolute atomic E-state index is 0.0554. The van der Waals surface area contributed by atoms with E-state index < -0.39 is 6.04 Å². The van der Waals surface area contributed by atoms with Crippen LogP contribution < -0.4 is 15.0 Å². The highest BCUT2D eigenvalue weighted by atomic mass is 16.5. The third kappa shape index (κ3) is 4.46. The van der Waals surface area contributed by atoms with Crippen molar-refractivity contribution in [3.63, 3.8) is 0 Å². The fraction of sp³-hybridized carbons (Fsp3) is 0.296. The number of nitrogens with one attached hydrogen (secondary N) is 1. The fourth-order valence-corrected chi connectivity index (χ4v) is 4.28. The Morgan fingerprint density at radius 2 is 1.68 bits per heavy atom. The molecule has 1 aliphatic rings. The molecule has 0 bridgehead atoms. The number of carbonyl (C=O) groups excluding carboxylic acids is 3. The van der Waals surface area contributed by atoms with Gasteiger partial charge in [0, 0.05) is 23.5 Å². The summed E-state index contributed by atoms with van der Waals surface area (Å²) in [6, 6.07) is 17.9. The number of ether oxygens (including phenoxy) is 1. The molecule has 0 saturated carbocycles. The van der Waals surface area contributed by atoms with E-state index in [1.54, 1.807) is 20.1 Å². The molecule has 0 saturated heterocycles. The number of hydrogen-bond acceptors (Lipinski definition) is 4. The fourth-order valence-electron chi connectivity index (χ4n) is 4.28. The Bertz CT molecular complexity index is 1230. The van der Waals surface area contributed by atoms with Crippen molar-refractivity contribution in [2.45, 2.75) is 39.4 Å². The molecule has 0 aromatic heterocycles. The van der Waals surface area contributed by atoms with Crippen LogP contribution in [-0.2, 0) is 16.1 Å². The van der Waals surface area contributed by atoms with Gasteiger partial charge in [-0.2, -0.15) is 0 Å². The van der Waals surface area contributed by atoms with Crippen molar-refractivity contribution < 1.29 is 19.1 Å². The van der Waals surface area contributed by atoms with Crippen molar-refractivity contribution in [2.75, 3.05) is 18.6 Å². The Hall–Kier alpha value is -3.87. The Morgan fingerprint density at radius 1 is 1.00 bits per heavy atom. The Kier molecular flexibility index (Phi) is 6.54. The van der Waals surface area contributed by atoms with E-state index in [4.69, 9.17) is 4.74 Å². The molecule has 7 nitrogen and oxygen atoms in total. The van der Waals surface area contributed by atoms with Gasteiger partial charge in [-0.3, -0.25) is 19.3 Å². The summed E-state index contributed by atoms with van der Waals surface area (Å²) in [6.07, 6.45) is 0. The van der Waals surface area contributed by atoms with Gasteiger partial charge in [0.25, 0.3) is 5.91 Å². The molecule has 34 heavy (non-hydrogen) atoms. The van der Waals surface area contributed by atoms with Gasteiger partial charge in [-0.25, -0.2) is 0 Å². The van der Waals surface area contributed by atoms with Crippen LogP contribution in [0.1, 0.15) is 36.7 Å². The number of hydrogen-bond donors (Lipinski definition) is 1. The van der Waals surface area contributed by atoms with E-state index in [1.165, 1.54) is 9.80 Å². The molecule has 176 valence electrons. The average Bonchev–Trinajstić information content (AvgIpc) is 3.10. The van der Waals surface area contributed by atoms with Crippen LogP contribution in [0.2, 0.25) is 0 Å². The minimum atomic E-state index is -0.715. The molecule has 0 unspecified atom stereocenters. The summed E-state index contributed by atoms with van der Waals surface area (Å²) in [4.78, 5) is 42.6. The van der Waals surface area contributed by atoms with Gasteiger partial charge in [0.2, 0.25) is 11.8 Å². The van der Waals surface area contributed by atoms with Crippen LogP contribution >= 0.6 is 0 Å². The van der Waals surface area contributed by atoms with E-state index in [-0.39, 0.29) is 36.9 Å².